The van der Waals surface area contributed by atoms with Crippen molar-refractivity contribution in [2.45, 2.75) is 40.0 Å². The van der Waals surface area contributed by atoms with E-state index in [1.807, 2.05) is 32.2 Å². The fraction of sp³-hybridized carbons (Fsp3) is 0.350. The van der Waals surface area contributed by atoms with Crippen molar-refractivity contribution in [2.24, 2.45) is 11.7 Å². The molecule has 1 unspecified atom stereocenters. The van der Waals surface area contributed by atoms with Crippen LogP contribution in [0.2, 0.25) is 0 Å². The third-order valence-corrected chi connectivity index (χ3v) is 6.39. The van der Waals surface area contributed by atoms with E-state index >= 15 is 0 Å². The highest BCUT2D eigenvalue weighted by Crippen LogP contribution is 2.39. The molecule has 140 valence electrons. The van der Waals surface area contributed by atoms with Crippen molar-refractivity contribution in [1.82, 2.24) is 9.38 Å². The lowest BCUT2D eigenvalue weighted by atomic mass is 9.88. The van der Waals surface area contributed by atoms with Crippen molar-refractivity contribution in [3.05, 3.63) is 51.3 Å². The minimum atomic E-state index is -0.483. The Morgan fingerprint density at radius 2 is 2.15 bits per heavy atom. The first-order valence-corrected chi connectivity index (χ1v) is 9.88. The van der Waals surface area contributed by atoms with Crippen molar-refractivity contribution >= 4 is 33.8 Å². The van der Waals surface area contributed by atoms with E-state index in [1.54, 1.807) is 4.40 Å². The van der Waals surface area contributed by atoms with E-state index in [1.165, 1.54) is 11.3 Å². The van der Waals surface area contributed by atoms with Gasteiger partial charge in [-0.1, -0.05) is 13.0 Å². The molecule has 0 saturated carbocycles. The number of pyridine rings is 1. The summed E-state index contributed by atoms with van der Waals surface area (Å²) < 4.78 is 1.79. The van der Waals surface area contributed by atoms with Gasteiger partial charge in [-0.2, -0.15) is 0 Å². The number of imidazole rings is 1. The normalized spacial score (nSPS) is 16.3. The number of thiophene rings is 1. The summed E-state index contributed by atoms with van der Waals surface area (Å²) in [4.78, 5) is 30.8. The molecule has 2 amide bonds. The molecule has 0 bridgehead atoms. The lowest BCUT2D eigenvalue weighted by Crippen LogP contribution is -2.20. The molecule has 1 aliphatic rings. The largest absolute Gasteiger partial charge is 0.365 e. The first-order chi connectivity index (χ1) is 12.9. The number of primary amides is 1. The predicted molar refractivity (Wildman–Crippen MR) is 107 cm³/mol. The van der Waals surface area contributed by atoms with Crippen LogP contribution in [0.15, 0.2) is 18.3 Å². The Labute approximate surface area is 161 Å². The summed E-state index contributed by atoms with van der Waals surface area (Å²) in [7, 11) is 0. The highest BCUT2D eigenvalue weighted by molar-refractivity contribution is 7.17. The molecule has 0 aliphatic heterocycles. The molecular formula is C20H22N4O2S. The van der Waals surface area contributed by atoms with E-state index < -0.39 is 5.91 Å². The number of carbonyl (C=O) groups excluding carboxylic acids is 2. The molecule has 3 aromatic rings. The van der Waals surface area contributed by atoms with Crippen molar-refractivity contribution in [3.8, 4) is 0 Å². The van der Waals surface area contributed by atoms with Gasteiger partial charge in [0.1, 0.15) is 16.3 Å². The van der Waals surface area contributed by atoms with Crippen molar-refractivity contribution in [1.29, 1.82) is 0 Å². The number of fused-ring (bicyclic) bond motifs is 2. The van der Waals surface area contributed by atoms with Crippen molar-refractivity contribution < 1.29 is 9.59 Å². The zero-order valence-electron chi connectivity index (χ0n) is 15.6. The third-order valence-electron chi connectivity index (χ3n) is 5.22. The van der Waals surface area contributed by atoms with Crippen LogP contribution in [0.1, 0.15) is 55.9 Å². The van der Waals surface area contributed by atoms with Gasteiger partial charge < -0.3 is 11.1 Å². The number of nitrogens with one attached hydrogen (secondary N) is 1. The maximum absolute atomic E-state index is 13.1. The molecule has 1 atom stereocenters. The molecule has 0 aromatic carbocycles. The summed E-state index contributed by atoms with van der Waals surface area (Å²) in [5.41, 5.74) is 10.0. The fourth-order valence-corrected chi connectivity index (χ4v) is 5.26. The Bertz CT molecular complexity index is 1080. The van der Waals surface area contributed by atoms with Gasteiger partial charge in [0.25, 0.3) is 11.8 Å². The molecule has 7 heteroatoms. The molecule has 4 rings (SSSR count). The minimum absolute atomic E-state index is 0.278. The van der Waals surface area contributed by atoms with Gasteiger partial charge in [-0.15, -0.1) is 11.3 Å². The summed E-state index contributed by atoms with van der Waals surface area (Å²) >= 11 is 1.47. The Morgan fingerprint density at radius 1 is 1.37 bits per heavy atom. The van der Waals surface area contributed by atoms with E-state index in [0.717, 1.165) is 40.9 Å². The third kappa shape index (κ3) is 2.92. The number of anilines is 1. The molecule has 3 N–H and O–H groups in total. The lowest BCUT2D eigenvalue weighted by molar-refractivity contribution is 0.1000. The lowest BCUT2D eigenvalue weighted by Gasteiger charge is -2.18. The van der Waals surface area contributed by atoms with Crippen LogP contribution in [0.5, 0.6) is 0 Å². The number of hydrogen-bond donors (Lipinski definition) is 2. The molecule has 0 fully saturated rings. The second-order valence-electron chi connectivity index (χ2n) is 7.30. The number of carbonyl (C=O) groups is 2. The van der Waals surface area contributed by atoms with Crippen LogP contribution in [-0.2, 0) is 12.8 Å². The van der Waals surface area contributed by atoms with Crippen molar-refractivity contribution in [3.63, 3.8) is 0 Å². The number of nitrogens with two attached hydrogens (primary N) is 1. The van der Waals surface area contributed by atoms with Crippen LogP contribution in [0.3, 0.4) is 0 Å². The molecule has 0 spiro atoms. The Hall–Kier alpha value is -2.67. The molecule has 27 heavy (non-hydrogen) atoms. The van der Waals surface area contributed by atoms with E-state index in [-0.39, 0.29) is 5.91 Å². The second kappa shape index (κ2) is 6.49. The van der Waals surface area contributed by atoms with Gasteiger partial charge in [0.2, 0.25) is 0 Å². The first kappa shape index (κ1) is 17.7. The molecule has 1 aliphatic carbocycles. The monoisotopic (exact) mass is 382 g/mol. The average Bonchev–Trinajstić information content (AvgIpc) is 3.11. The van der Waals surface area contributed by atoms with Gasteiger partial charge in [0.05, 0.1) is 11.3 Å². The SMILES string of the molecule is Cc1nc2c(C)cccn2c1C(=O)Nc1sc2c(c1C(N)=O)CCC(C)C2. The summed E-state index contributed by atoms with van der Waals surface area (Å²) in [5, 5.41) is 3.49. The van der Waals surface area contributed by atoms with Gasteiger partial charge in [-0.05, 0) is 56.2 Å². The van der Waals surface area contributed by atoms with Crippen LogP contribution in [0, 0.1) is 19.8 Å². The fourth-order valence-electron chi connectivity index (χ4n) is 3.85. The van der Waals surface area contributed by atoms with Gasteiger partial charge >= 0.3 is 0 Å². The Morgan fingerprint density at radius 3 is 2.89 bits per heavy atom. The highest BCUT2D eigenvalue weighted by Gasteiger charge is 2.28. The van der Waals surface area contributed by atoms with Gasteiger partial charge in [-0.3, -0.25) is 14.0 Å². The quantitative estimate of drug-likeness (QED) is 0.727. The number of nitrogens with zero attached hydrogens (tertiary/aromatic N) is 2. The second-order valence-corrected chi connectivity index (χ2v) is 8.41. The molecule has 3 aromatic heterocycles. The zero-order chi connectivity index (χ0) is 19.3. The van der Waals surface area contributed by atoms with Crippen LogP contribution in [0.4, 0.5) is 5.00 Å². The first-order valence-electron chi connectivity index (χ1n) is 9.06. The highest BCUT2D eigenvalue weighted by atomic mass is 32.1. The number of amides is 2. The van der Waals surface area contributed by atoms with Gasteiger partial charge in [-0.25, -0.2) is 4.98 Å². The molecular weight excluding hydrogens is 360 g/mol. The minimum Gasteiger partial charge on any atom is -0.365 e. The van der Waals surface area contributed by atoms with E-state index in [4.69, 9.17) is 5.73 Å². The number of rotatable bonds is 3. The summed E-state index contributed by atoms with van der Waals surface area (Å²) in [6.45, 7) is 5.98. The maximum Gasteiger partial charge on any atom is 0.275 e. The standard InChI is InChI=1S/C20H22N4O2S/c1-10-6-7-13-14(9-10)27-20(15(13)17(21)25)23-19(26)16-12(3)22-18-11(2)5-4-8-24(16)18/h4-5,8,10H,6-7,9H2,1-3H3,(H2,21,25)(H,23,26). The number of hydrogen-bond acceptors (Lipinski definition) is 4. The van der Waals surface area contributed by atoms with E-state index in [9.17, 15) is 9.59 Å². The number of aromatic nitrogens is 2. The van der Waals surface area contributed by atoms with Crippen LogP contribution in [0.25, 0.3) is 5.65 Å². The van der Waals surface area contributed by atoms with Crippen LogP contribution < -0.4 is 11.1 Å². The Balaban J connectivity index is 1.75. The summed E-state index contributed by atoms with van der Waals surface area (Å²) in [6.07, 6.45) is 4.61. The van der Waals surface area contributed by atoms with Crippen LogP contribution in [-0.4, -0.2) is 21.2 Å². The van der Waals surface area contributed by atoms with Gasteiger partial charge in [0.15, 0.2) is 0 Å². The van der Waals surface area contributed by atoms with E-state index in [2.05, 4.69) is 17.2 Å². The van der Waals surface area contributed by atoms with Crippen molar-refractivity contribution in [2.75, 3.05) is 5.32 Å². The smallest absolute Gasteiger partial charge is 0.275 e. The Kier molecular flexibility index (Phi) is 4.26. The molecule has 0 saturated heterocycles. The maximum atomic E-state index is 13.1. The van der Waals surface area contributed by atoms with Gasteiger partial charge in [0, 0.05) is 11.1 Å². The molecule has 6 nitrogen and oxygen atoms in total. The molecule has 0 radical (unpaired) electrons. The topological polar surface area (TPSA) is 89.5 Å². The molecule has 3 heterocycles. The number of aryl methyl sites for hydroxylation is 2. The summed E-state index contributed by atoms with van der Waals surface area (Å²) in [5.74, 6) is -0.188. The average molecular weight is 382 g/mol. The van der Waals surface area contributed by atoms with E-state index in [0.29, 0.717) is 27.9 Å². The zero-order valence-corrected chi connectivity index (χ0v) is 16.4. The predicted octanol–water partition coefficient (Wildman–Crippen LogP) is 3.49. The van der Waals surface area contributed by atoms with Crippen LogP contribution >= 0.6 is 11.3 Å². The summed E-state index contributed by atoms with van der Waals surface area (Å²) in [6, 6.07) is 3.85.